The first-order valence-electron chi connectivity index (χ1n) is 8.09. The van der Waals surface area contributed by atoms with Gasteiger partial charge in [0.25, 0.3) is 0 Å². The van der Waals surface area contributed by atoms with Gasteiger partial charge in [-0.3, -0.25) is 4.79 Å². The fourth-order valence-electron chi connectivity index (χ4n) is 2.26. The van der Waals surface area contributed by atoms with E-state index < -0.39 is 0 Å². The molecule has 0 radical (unpaired) electrons. The van der Waals surface area contributed by atoms with E-state index in [-0.39, 0.29) is 23.1 Å². The number of hydrogen-bond donors (Lipinski definition) is 0. The van der Waals surface area contributed by atoms with Gasteiger partial charge in [0.1, 0.15) is 6.10 Å². The lowest BCUT2D eigenvalue weighted by Crippen LogP contribution is -2.36. The number of carbonyl (C=O) groups is 1. The van der Waals surface area contributed by atoms with Crippen LogP contribution in [0.5, 0.6) is 0 Å². The third-order valence-electron chi connectivity index (χ3n) is 4.67. The molecule has 0 spiro atoms. The highest BCUT2D eigenvalue weighted by Gasteiger charge is 2.32. The third kappa shape index (κ3) is 5.08. The summed E-state index contributed by atoms with van der Waals surface area (Å²) in [6.07, 6.45) is 6.08. The van der Waals surface area contributed by atoms with Crippen molar-refractivity contribution in [3.63, 3.8) is 0 Å². The number of ether oxygens (including phenoxy) is 2. The molecule has 1 saturated carbocycles. The average Bonchev–Trinajstić information content (AvgIpc) is 2.40. The highest BCUT2D eigenvalue weighted by molar-refractivity contribution is 5.75. The van der Waals surface area contributed by atoms with Crippen molar-refractivity contribution in [1.82, 2.24) is 0 Å². The fourth-order valence-corrected chi connectivity index (χ4v) is 2.26. The first-order chi connectivity index (χ1) is 9.20. The van der Waals surface area contributed by atoms with Crippen LogP contribution < -0.4 is 0 Å². The Morgan fingerprint density at radius 1 is 0.950 bits per heavy atom. The van der Waals surface area contributed by atoms with Crippen molar-refractivity contribution >= 4 is 5.97 Å². The molecule has 0 amide bonds. The van der Waals surface area contributed by atoms with Gasteiger partial charge in [0.2, 0.25) is 0 Å². The quantitative estimate of drug-likeness (QED) is 0.674. The van der Waals surface area contributed by atoms with E-state index >= 15 is 0 Å². The van der Waals surface area contributed by atoms with Crippen LogP contribution in [0.1, 0.15) is 80.1 Å². The van der Waals surface area contributed by atoms with E-state index in [1.807, 2.05) is 20.8 Å². The van der Waals surface area contributed by atoms with Gasteiger partial charge in [0.15, 0.2) is 0 Å². The van der Waals surface area contributed by atoms with Crippen LogP contribution in [0.2, 0.25) is 0 Å². The minimum Gasteiger partial charge on any atom is -0.462 e. The monoisotopic (exact) mass is 284 g/mol. The summed E-state index contributed by atoms with van der Waals surface area (Å²) in [4.78, 5) is 12.1. The van der Waals surface area contributed by atoms with Gasteiger partial charge < -0.3 is 9.47 Å². The Labute approximate surface area is 124 Å². The third-order valence-corrected chi connectivity index (χ3v) is 4.67. The lowest BCUT2D eigenvalue weighted by Gasteiger charge is -2.35. The highest BCUT2D eigenvalue weighted by atomic mass is 16.5. The maximum atomic E-state index is 12.1. The second-order valence-electron chi connectivity index (χ2n) is 7.27. The molecule has 0 saturated heterocycles. The van der Waals surface area contributed by atoms with Gasteiger partial charge in [0, 0.05) is 0 Å². The highest BCUT2D eigenvalue weighted by Crippen LogP contribution is 2.30. The van der Waals surface area contributed by atoms with Crippen molar-refractivity contribution in [2.24, 2.45) is 5.41 Å². The molecule has 0 bridgehead atoms. The molecule has 0 heterocycles. The molecule has 1 aliphatic rings. The van der Waals surface area contributed by atoms with Gasteiger partial charge in [-0.05, 0) is 66.2 Å². The van der Waals surface area contributed by atoms with Crippen molar-refractivity contribution in [3.05, 3.63) is 0 Å². The van der Waals surface area contributed by atoms with E-state index in [1.54, 1.807) is 0 Å². The molecule has 0 aromatic carbocycles. The molecule has 1 fully saturated rings. The zero-order valence-corrected chi connectivity index (χ0v) is 14.1. The zero-order chi connectivity index (χ0) is 15.4. The Kier molecular flexibility index (Phi) is 6.06. The molecule has 0 atom stereocenters. The molecule has 0 N–H and O–H groups in total. The maximum Gasteiger partial charge on any atom is 0.311 e. The molecule has 1 aliphatic carbocycles. The summed E-state index contributed by atoms with van der Waals surface area (Å²) in [5.41, 5.74) is -0.407. The predicted octanol–water partition coefficient (Wildman–Crippen LogP) is 4.48. The smallest absolute Gasteiger partial charge is 0.311 e. The summed E-state index contributed by atoms with van der Waals surface area (Å²) < 4.78 is 11.8. The zero-order valence-electron chi connectivity index (χ0n) is 14.1. The van der Waals surface area contributed by atoms with Gasteiger partial charge in [-0.15, -0.1) is 0 Å². The number of carbonyl (C=O) groups excluding carboxylic acids is 1. The molecule has 0 aromatic heterocycles. The van der Waals surface area contributed by atoms with Crippen LogP contribution in [0.25, 0.3) is 0 Å². The van der Waals surface area contributed by atoms with Crippen molar-refractivity contribution in [3.8, 4) is 0 Å². The van der Waals surface area contributed by atoms with Crippen LogP contribution in [-0.4, -0.2) is 23.8 Å². The first kappa shape index (κ1) is 17.5. The summed E-state index contributed by atoms with van der Waals surface area (Å²) in [6.45, 7) is 12.4. The van der Waals surface area contributed by atoms with E-state index in [0.717, 1.165) is 38.5 Å². The van der Waals surface area contributed by atoms with E-state index in [2.05, 4.69) is 20.8 Å². The van der Waals surface area contributed by atoms with Gasteiger partial charge in [-0.1, -0.05) is 13.8 Å². The minimum absolute atomic E-state index is 0.0433. The molecule has 0 unspecified atom stereocenters. The molecule has 118 valence electrons. The summed E-state index contributed by atoms with van der Waals surface area (Å²) in [7, 11) is 0. The number of esters is 1. The largest absolute Gasteiger partial charge is 0.462 e. The minimum atomic E-state index is -0.364. The normalized spacial score (nSPS) is 24.5. The van der Waals surface area contributed by atoms with Crippen molar-refractivity contribution < 1.29 is 14.3 Å². The van der Waals surface area contributed by atoms with Crippen LogP contribution in [-0.2, 0) is 14.3 Å². The van der Waals surface area contributed by atoms with Gasteiger partial charge in [-0.2, -0.15) is 0 Å². The standard InChI is InChI=1S/C17H32O3/c1-7-16(3,4)15(18)19-13-9-11-14(12-10-13)20-17(5,6)8-2/h13-14H,7-12H2,1-6H3. The number of hydrogen-bond acceptors (Lipinski definition) is 3. The molecule has 0 aromatic rings. The van der Waals surface area contributed by atoms with E-state index in [4.69, 9.17) is 9.47 Å². The molecule has 3 nitrogen and oxygen atoms in total. The summed E-state index contributed by atoms with van der Waals surface area (Å²) in [5.74, 6) is -0.0572. The molecule has 1 rings (SSSR count). The van der Waals surface area contributed by atoms with Crippen LogP contribution in [0, 0.1) is 5.41 Å². The summed E-state index contributed by atoms with van der Waals surface area (Å²) in [6, 6.07) is 0. The second-order valence-corrected chi connectivity index (χ2v) is 7.27. The predicted molar refractivity (Wildman–Crippen MR) is 81.7 cm³/mol. The van der Waals surface area contributed by atoms with E-state index in [9.17, 15) is 4.79 Å². The van der Waals surface area contributed by atoms with Crippen LogP contribution in [0.4, 0.5) is 0 Å². The van der Waals surface area contributed by atoms with Gasteiger partial charge >= 0.3 is 5.97 Å². The second kappa shape index (κ2) is 6.93. The van der Waals surface area contributed by atoms with Crippen molar-refractivity contribution in [2.45, 2.75) is 97.9 Å². The lowest BCUT2D eigenvalue weighted by atomic mass is 9.89. The van der Waals surface area contributed by atoms with Crippen LogP contribution in [0.15, 0.2) is 0 Å². The van der Waals surface area contributed by atoms with Crippen LogP contribution >= 0.6 is 0 Å². The molecule has 20 heavy (non-hydrogen) atoms. The Bertz CT molecular complexity index is 312. The Morgan fingerprint density at radius 2 is 1.45 bits per heavy atom. The lowest BCUT2D eigenvalue weighted by molar-refractivity contribution is -0.164. The SMILES string of the molecule is CCC(C)(C)OC1CCC(OC(=O)C(C)(C)CC)CC1. The molecule has 3 heteroatoms. The summed E-state index contributed by atoms with van der Waals surface area (Å²) >= 11 is 0. The maximum absolute atomic E-state index is 12.1. The first-order valence-corrected chi connectivity index (χ1v) is 8.09. The Morgan fingerprint density at radius 3 is 1.90 bits per heavy atom. The van der Waals surface area contributed by atoms with E-state index in [0.29, 0.717) is 6.10 Å². The van der Waals surface area contributed by atoms with Crippen molar-refractivity contribution in [2.75, 3.05) is 0 Å². The Hall–Kier alpha value is -0.570. The van der Waals surface area contributed by atoms with E-state index in [1.165, 1.54) is 0 Å². The number of rotatable bonds is 6. The molecular weight excluding hydrogens is 252 g/mol. The van der Waals surface area contributed by atoms with Crippen molar-refractivity contribution in [1.29, 1.82) is 0 Å². The fraction of sp³-hybridized carbons (Fsp3) is 0.941. The molecular formula is C17H32O3. The topological polar surface area (TPSA) is 35.5 Å². The Balaban J connectivity index is 2.38. The van der Waals surface area contributed by atoms with Gasteiger partial charge in [0.05, 0.1) is 17.1 Å². The average molecular weight is 284 g/mol. The van der Waals surface area contributed by atoms with Crippen LogP contribution in [0.3, 0.4) is 0 Å². The van der Waals surface area contributed by atoms with Gasteiger partial charge in [-0.25, -0.2) is 0 Å². The summed E-state index contributed by atoms with van der Waals surface area (Å²) in [5, 5.41) is 0. The molecule has 0 aliphatic heterocycles.